The van der Waals surface area contributed by atoms with Gasteiger partial charge in [-0.3, -0.25) is 9.78 Å². The van der Waals surface area contributed by atoms with E-state index in [-0.39, 0.29) is 5.91 Å². The van der Waals surface area contributed by atoms with Gasteiger partial charge < -0.3 is 14.8 Å². The molecular formula is C25H26N4OS. The van der Waals surface area contributed by atoms with E-state index in [0.717, 1.165) is 52.4 Å². The first-order valence-corrected chi connectivity index (χ1v) is 11.4. The van der Waals surface area contributed by atoms with Crippen LogP contribution < -0.4 is 5.32 Å². The van der Waals surface area contributed by atoms with E-state index in [1.807, 2.05) is 19.2 Å². The number of likely N-dealkylation sites (N-methyl/N-ethyl adjacent to an activating group) is 1. The van der Waals surface area contributed by atoms with Crippen LogP contribution in [0.3, 0.4) is 0 Å². The molecular weight excluding hydrogens is 404 g/mol. The molecule has 1 aromatic carbocycles. The van der Waals surface area contributed by atoms with Crippen LogP contribution in [0.2, 0.25) is 0 Å². The van der Waals surface area contributed by atoms with Crippen LogP contribution in [0, 0.1) is 13.8 Å². The smallest absolute Gasteiger partial charge is 0.263 e. The Kier molecular flexibility index (Phi) is 4.91. The average Bonchev–Trinajstić information content (AvgIpc) is 3.32. The van der Waals surface area contributed by atoms with E-state index in [2.05, 4.69) is 63.4 Å². The maximum Gasteiger partial charge on any atom is 0.263 e. The molecule has 0 saturated heterocycles. The molecule has 0 atom stereocenters. The van der Waals surface area contributed by atoms with Gasteiger partial charge in [0.15, 0.2) is 0 Å². The Bertz CT molecular complexity index is 1300. The fraction of sp³-hybridized carbons (Fsp3) is 0.280. The van der Waals surface area contributed by atoms with Crippen molar-refractivity contribution in [2.24, 2.45) is 0 Å². The highest BCUT2D eigenvalue weighted by atomic mass is 32.1. The van der Waals surface area contributed by atoms with E-state index in [1.165, 1.54) is 33.5 Å². The molecule has 1 N–H and O–H groups in total. The van der Waals surface area contributed by atoms with Crippen molar-refractivity contribution in [2.45, 2.75) is 26.8 Å². The zero-order valence-electron chi connectivity index (χ0n) is 18.3. The minimum atomic E-state index is -0.0537. The Labute approximate surface area is 186 Å². The van der Waals surface area contributed by atoms with Crippen molar-refractivity contribution in [2.75, 3.05) is 20.6 Å². The number of hydrogen-bond acceptors (Lipinski definition) is 4. The maximum atomic E-state index is 12.9. The molecule has 0 unspecified atom stereocenters. The predicted molar refractivity (Wildman–Crippen MR) is 127 cm³/mol. The van der Waals surface area contributed by atoms with Crippen molar-refractivity contribution >= 4 is 28.1 Å². The fourth-order valence-electron chi connectivity index (χ4n) is 4.54. The van der Waals surface area contributed by atoms with Crippen molar-refractivity contribution in [3.63, 3.8) is 0 Å². The van der Waals surface area contributed by atoms with Crippen LogP contribution in [0.25, 0.3) is 27.7 Å². The highest BCUT2D eigenvalue weighted by Gasteiger charge is 2.28. The summed E-state index contributed by atoms with van der Waals surface area (Å²) in [5.74, 6) is -0.0537. The molecule has 4 aromatic rings. The number of carbonyl (C=O) groups excluding carboxylic acids is 1. The van der Waals surface area contributed by atoms with Crippen molar-refractivity contribution in [3.05, 3.63) is 69.3 Å². The number of nitrogens with one attached hydrogen (secondary N) is 1. The number of amides is 1. The fourth-order valence-corrected chi connectivity index (χ4v) is 5.55. The monoisotopic (exact) mass is 430 g/mol. The van der Waals surface area contributed by atoms with Crippen LogP contribution in [0.15, 0.2) is 41.9 Å². The third kappa shape index (κ3) is 3.27. The molecule has 1 aliphatic heterocycles. The van der Waals surface area contributed by atoms with Crippen LogP contribution in [-0.4, -0.2) is 41.0 Å². The van der Waals surface area contributed by atoms with Gasteiger partial charge in [0, 0.05) is 66.0 Å². The number of carbonyl (C=O) groups is 1. The van der Waals surface area contributed by atoms with E-state index in [4.69, 9.17) is 0 Å². The third-order valence-corrected chi connectivity index (χ3v) is 7.11. The lowest BCUT2D eigenvalue weighted by molar-refractivity contribution is 0.0967. The lowest BCUT2D eigenvalue weighted by Crippen LogP contribution is -2.27. The number of thiophene rings is 1. The SMILES string of the molecule is CNC(=O)c1scc(-c2ccc(C)nc2)c1-n1c2c(c3cc(C)ccc31)CN(C)CC2. The van der Waals surface area contributed by atoms with Crippen LogP contribution in [-0.2, 0) is 13.0 Å². The summed E-state index contributed by atoms with van der Waals surface area (Å²) >= 11 is 1.50. The molecule has 0 radical (unpaired) electrons. The van der Waals surface area contributed by atoms with Crippen LogP contribution in [0.1, 0.15) is 32.2 Å². The molecule has 4 heterocycles. The number of benzene rings is 1. The van der Waals surface area contributed by atoms with Gasteiger partial charge in [0.2, 0.25) is 0 Å². The van der Waals surface area contributed by atoms with Gasteiger partial charge >= 0.3 is 0 Å². The van der Waals surface area contributed by atoms with Gasteiger partial charge in [0.1, 0.15) is 4.88 Å². The first-order valence-electron chi connectivity index (χ1n) is 10.6. The Balaban J connectivity index is 1.86. The van der Waals surface area contributed by atoms with Gasteiger partial charge in [-0.2, -0.15) is 0 Å². The van der Waals surface area contributed by atoms with E-state index in [9.17, 15) is 4.79 Å². The summed E-state index contributed by atoms with van der Waals surface area (Å²) < 4.78 is 2.34. The van der Waals surface area contributed by atoms with Crippen molar-refractivity contribution in [1.82, 2.24) is 19.8 Å². The quantitative estimate of drug-likeness (QED) is 0.512. The van der Waals surface area contributed by atoms with Crippen LogP contribution in [0.5, 0.6) is 0 Å². The standard InChI is InChI=1S/C25H26N4OS/c1-15-5-8-21-18(11-15)19-13-28(4)10-9-22(19)29(21)23-20(14-31-24(23)25(30)26-3)17-7-6-16(2)27-12-17/h5-8,11-12,14H,9-10,13H2,1-4H3,(H,26,30). The topological polar surface area (TPSA) is 50.2 Å². The summed E-state index contributed by atoms with van der Waals surface area (Å²) in [6, 6.07) is 10.8. The minimum Gasteiger partial charge on any atom is -0.354 e. The second-order valence-corrected chi connectivity index (χ2v) is 9.24. The first kappa shape index (κ1) is 20.0. The van der Waals surface area contributed by atoms with Gasteiger partial charge in [0.05, 0.1) is 11.2 Å². The third-order valence-electron chi connectivity index (χ3n) is 6.14. The van der Waals surface area contributed by atoms with Gasteiger partial charge in [-0.1, -0.05) is 17.7 Å². The molecule has 5 nitrogen and oxygen atoms in total. The largest absolute Gasteiger partial charge is 0.354 e. The number of aromatic nitrogens is 2. The lowest BCUT2D eigenvalue weighted by Gasteiger charge is -2.24. The molecule has 6 heteroatoms. The predicted octanol–water partition coefficient (Wildman–Crippen LogP) is 4.72. The molecule has 0 saturated carbocycles. The molecule has 31 heavy (non-hydrogen) atoms. The number of nitrogens with zero attached hydrogens (tertiary/aromatic N) is 3. The number of aryl methyl sites for hydroxylation is 2. The van der Waals surface area contributed by atoms with Crippen molar-refractivity contribution < 1.29 is 4.79 Å². The van der Waals surface area contributed by atoms with E-state index < -0.39 is 0 Å². The molecule has 0 aliphatic carbocycles. The first-order chi connectivity index (χ1) is 15.0. The van der Waals surface area contributed by atoms with Crippen molar-refractivity contribution in [3.8, 4) is 16.8 Å². The van der Waals surface area contributed by atoms with Crippen molar-refractivity contribution in [1.29, 1.82) is 0 Å². The van der Waals surface area contributed by atoms with Crippen LogP contribution >= 0.6 is 11.3 Å². The maximum absolute atomic E-state index is 12.9. The van der Waals surface area contributed by atoms with E-state index >= 15 is 0 Å². The summed E-state index contributed by atoms with van der Waals surface area (Å²) in [5.41, 5.74) is 9.12. The molecule has 1 aliphatic rings. The van der Waals surface area contributed by atoms with Gasteiger partial charge in [-0.05, 0) is 44.7 Å². The molecule has 158 valence electrons. The normalized spacial score (nSPS) is 14.1. The summed E-state index contributed by atoms with van der Waals surface area (Å²) in [6.45, 7) is 6.05. The zero-order chi connectivity index (χ0) is 21.7. The average molecular weight is 431 g/mol. The van der Waals surface area contributed by atoms with Gasteiger partial charge in [-0.15, -0.1) is 11.3 Å². The minimum absolute atomic E-state index is 0.0537. The van der Waals surface area contributed by atoms with Gasteiger partial charge in [-0.25, -0.2) is 0 Å². The number of rotatable bonds is 3. The lowest BCUT2D eigenvalue weighted by atomic mass is 10.0. The second kappa shape index (κ2) is 7.62. The Morgan fingerprint density at radius 1 is 1.19 bits per heavy atom. The molecule has 0 spiro atoms. The Hall–Kier alpha value is -2.96. The number of pyridine rings is 1. The highest BCUT2D eigenvalue weighted by molar-refractivity contribution is 7.13. The number of hydrogen-bond donors (Lipinski definition) is 1. The summed E-state index contributed by atoms with van der Waals surface area (Å²) in [6.07, 6.45) is 2.86. The summed E-state index contributed by atoms with van der Waals surface area (Å²) in [5, 5.41) is 6.21. The second-order valence-electron chi connectivity index (χ2n) is 8.36. The Morgan fingerprint density at radius 3 is 2.77 bits per heavy atom. The molecule has 3 aromatic heterocycles. The molecule has 1 amide bonds. The van der Waals surface area contributed by atoms with Gasteiger partial charge in [0.25, 0.3) is 5.91 Å². The zero-order valence-corrected chi connectivity index (χ0v) is 19.1. The highest BCUT2D eigenvalue weighted by Crippen LogP contribution is 2.41. The summed E-state index contributed by atoms with van der Waals surface area (Å²) in [4.78, 5) is 20.5. The molecule has 0 bridgehead atoms. The van der Waals surface area contributed by atoms with E-state index in [1.54, 1.807) is 7.05 Å². The Morgan fingerprint density at radius 2 is 2.03 bits per heavy atom. The van der Waals surface area contributed by atoms with E-state index in [0.29, 0.717) is 0 Å². The van der Waals surface area contributed by atoms with Crippen LogP contribution in [0.4, 0.5) is 0 Å². The molecule has 0 fully saturated rings. The summed E-state index contributed by atoms with van der Waals surface area (Å²) in [7, 11) is 3.87. The number of fused-ring (bicyclic) bond motifs is 3. The molecule has 5 rings (SSSR count).